The number of benzene rings is 4. The van der Waals surface area contributed by atoms with Gasteiger partial charge in [0.05, 0.1) is 74.6 Å². The lowest BCUT2D eigenvalue weighted by Gasteiger charge is -2.35. The topological polar surface area (TPSA) is 388 Å². The summed E-state index contributed by atoms with van der Waals surface area (Å²) in [5.74, 6) is -6.57. The fraction of sp³-hybridized carbons (Fsp3) is 0.580. The predicted molar refractivity (Wildman–Crippen MR) is 438 cm³/mol. The van der Waals surface area contributed by atoms with Crippen LogP contribution in [0.25, 0.3) is 0 Å². The van der Waals surface area contributed by atoms with Crippen molar-refractivity contribution in [2.24, 2.45) is 11.8 Å². The first kappa shape index (κ1) is 91.6. The van der Waals surface area contributed by atoms with E-state index in [1.807, 2.05) is 83.1 Å². The van der Waals surface area contributed by atoms with Crippen LogP contribution >= 0.6 is 0 Å². The van der Waals surface area contributed by atoms with Gasteiger partial charge in [-0.15, -0.1) is 0 Å². The predicted octanol–water partition coefficient (Wildman–Crippen LogP) is 5.31. The van der Waals surface area contributed by atoms with Crippen molar-refractivity contribution in [3.05, 3.63) is 131 Å². The largest absolute Gasteiger partial charge is 0.493 e. The molecule has 0 aromatic heterocycles. The molecule has 30 heteroatoms. The molecule has 4 aromatic rings. The summed E-state index contributed by atoms with van der Waals surface area (Å²) >= 11 is 0. The summed E-state index contributed by atoms with van der Waals surface area (Å²) in [6.07, 6.45) is 8.62. The average molecular weight is 1640 g/mol. The maximum absolute atomic E-state index is 14.7. The molecular weight excluding hydrogens is 1510 g/mol. The number of ketones is 1. The minimum absolute atomic E-state index is 0.0428. The number of fused-ring (bicyclic) bond motifs is 8. The van der Waals surface area contributed by atoms with Crippen LogP contribution in [0.2, 0.25) is 0 Å². The van der Waals surface area contributed by atoms with E-state index in [-0.39, 0.29) is 98.9 Å². The highest BCUT2D eigenvalue weighted by Gasteiger charge is 2.49. The number of nitrogens with one attached hydrogen (secondary N) is 8. The van der Waals surface area contributed by atoms with Crippen molar-refractivity contribution in [3.8, 4) is 11.5 Å². The van der Waals surface area contributed by atoms with Gasteiger partial charge < -0.3 is 86.2 Å². The second kappa shape index (κ2) is 43.4. The van der Waals surface area contributed by atoms with Crippen molar-refractivity contribution < 1.29 is 86.4 Å². The van der Waals surface area contributed by atoms with Gasteiger partial charge in [-0.05, 0) is 125 Å². The van der Waals surface area contributed by atoms with Gasteiger partial charge in [-0.3, -0.25) is 62.3 Å². The number of ether oxygens (including phenoxy) is 4. The Balaban J connectivity index is 0.000000269. The number of Topliss-reactive ketones (excluding diaryl/α,β-unsaturated/α-hetero) is 1. The number of amides is 12. The summed E-state index contributed by atoms with van der Waals surface area (Å²) in [5.41, 5.74) is 1.23. The van der Waals surface area contributed by atoms with Crippen LogP contribution in [0.15, 0.2) is 109 Å². The van der Waals surface area contributed by atoms with Crippen molar-refractivity contribution in [3.63, 3.8) is 0 Å². The molecule has 30 nitrogen and oxygen atoms in total. The smallest absolute Gasteiger partial charge is 0.290 e. The molecule has 11 atom stereocenters. The molecular formula is C88H122N12O18. The van der Waals surface area contributed by atoms with E-state index in [9.17, 15) is 67.4 Å². The second-order valence-corrected chi connectivity index (χ2v) is 33.5. The molecule has 118 heavy (non-hydrogen) atoms. The van der Waals surface area contributed by atoms with E-state index in [1.54, 1.807) is 95.8 Å². The van der Waals surface area contributed by atoms with E-state index in [4.69, 9.17) is 18.9 Å². The summed E-state index contributed by atoms with van der Waals surface area (Å²) in [7, 11) is 6.27. The lowest BCUT2D eigenvalue weighted by molar-refractivity contribution is -0.144. The van der Waals surface area contributed by atoms with Gasteiger partial charge in [-0.2, -0.15) is 0 Å². The number of nitrogens with zero attached hydrogens (tertiary/aromatic N) is 4. The van der Waals surface area contributed by atoms with E-state index in [0.29, 0.717) is 61.5 Å². The van der Waals surface area contributed by atoms with Crippen LogP contribution < -0.4 is 52.0 Å². The highest BCUT2D eigenvalue weighted by molar-refractivity contribution is 6.38. The minimum atomic E-state index is -1.74. The molecule has 642 valence electrons. The Morgan fingerprint density at radius 2 is 0.941 bits per heavy atom. The van der Waals surface area contributed by atoms with Crippen LogP contribution in [0.4, 0.5) is 0 Å². The summed E-state index contributed by atoms with van der Waals surface area (Å²) in [5, 5.41) is 33.0. The Labute approximate surface area is 692 Å². The monoisotopic (exact) mass is 1630 g/mol. The quantitative estimate of drug-likeness (QED) is 0.0401. The fourth-order valence-electron chi connectivity index (χ4n) is 16.4. The lowest BCUT2D eigenvalue weighted by atomic mass is 9.83. The number of likely N-dealkylation sites (N-methyl/N-ethyl adjacent to an activating group) is 2. The number of hydrogen-bond acceptors (Lipinski definition) is 18. The fourth-order valence-corrected chi connectivity index (χ4v) is 16.4. The van der Waals surface area contributed by atoms with Crippen molar-refractivity contribution in [2.45, 2.75) is 248 Å². The number of carbonyl (C=O) groups is 13. The van der Waals surface area contributed by atoms with Gasteiger partial charge >= 0.3 is 0 Å². The first-order chi connectivity index (χ1) is 56.3. The van der Waals surface area contributed by atoms with Crippen LogP contribution in [-0.4, -0.2) is 235 Å². The van der Waals surface area contributed by atoms with Crippen LogP contribution in [-0.2, 0) is 84.6 Å². The molecule has 4 aliphatic heterocycles. The average Bonchev–Trinajstić information content (AvgIpc) is 1.64. The van der Waals surface area contributed by atoms with Crippen molar-refractivity contribution in [2.75, 3.05) is 67.6 Å². The van der Waals surface area contributed by atoms with E-state index < -0.39 is 132 Å². The van der Waals surface area contributed by atoms with Gasteiger partial charge in [0.2, 0.25) is 64.9 Å². The molecule has 4 heterocycles. The molecule has 0 spiro atoms. The SMILES string of the molecule is CCCC(NC(=O)[C@@H]1C[C@@H]2CN1C(=O)[C@H](C1CCCCC1)NC(=O)Cc1cccc(c1)OCCC(C)(C)O2)C(=O)C(=O)NCC(=O)N[C@H](C(=O)N(C)C)c1ccccc1.CCCC(NC(=O)[C@@H]1C[C@@H]2CN1C(=O)[C@H](C1CCCCC1)NC(=O)Cc1cccc(c1)OCCC(C)(C)O2)C(O)C(=O)NCC(=O)N[C@H](C(=O)N(C)C)c1ccccc1. The first-order valence-electron chi connectivity index (χ1n) is 41.8. The van der Waals surface area contributed by atoms with Gasteiger partial charge in [-0.1, -0.05) is 150 Å². The molecule has 2 saturated heterocycles. The number of aliphatic hydroxyl groups excluding tert-OH is 1. The third kappa shape index (κ3) is 26.3. The number of rotatable bonds is 24. The lowest BCUT2D eigenvalue weighted by Crippen LogP contribution is -2.58. The Bertz CT molecular complexity index is 4130. The first-order valence-corrected chi connectivity index (χ1v) is 41.8. The molecule has 4 fully saturated rings. The molecule has 8 bridgehead atoms. The number of carbonyl (C=O) groups excluding carboxylic acids is 13. The summed E-state index contributed by atoms with van der Waals surface area (Å²) in [6, 6.07) is 23.9. The minimum Gasteiger partial charge on any atom is -0.493 e. The van der Waals surface area contributed by atoms with Gasteiger partial charge in [-0.25, -0.2) is 0 Å². The second-order valence-electron chi connectivity index (χ2n) is 33.5. The standard InChI is InChI=1S/C44H62N6O9.C44H60N6O9/c2*1-6-14-33(39(53)41(55)45-26-36(52)48-37(42(56)49(4)5)29-16-9-7-10-17-29)46-40(54)34-25-32-27-50(34)43(57)38(30-18-11-8-12-19-30)47-35(51)24-28-15-13-20-31(23-28)58-22-21-44(2,3)59-32/h7,9-10,13,15-17,20,23,30,32-34,37-39,53H,6,8,11-12,14,18-19,21-22,24-27H2,1-5H3,(H,45,55)(H,46,54)(H,47,51)(H,48,52);7,9-10,13,15-17,20,23,30,32-34,37-38H,6,8,11-12,14,18-19,21-22,24-27H2,1-5H3,(H,45,55)(H,46,54)(H,47,51)(H,48,52)/t32-,33?,34+,37+,38+,39?;32-,33?,34+,37+,38+/m11/s1. The molecule has 3 unspecified atom stereocenters. The third-order valence-corrected chi connectivity index (χ3v) is 22.6. The van der Waals surface area contributed by atoms with Crippen molar-refractivity contribution >= 4 is 76.7 Å². The van der Waals surface area contributed by atoms with Gasteiger partial charge in [0.1, 0.15) is 47.8 Å². The number of aliphatic hydroxyl groups is 1. The molecule has 2 aliphatic carbocycles. The highest BCUT2D eigenvalue weighted by Crippen LogP contribution is 2.36. The van der Waals surface area contributed by atoms with Gasteiger partial charge in [0.15, 0.2) is 6.10 Å². The maximum atomic E-state index is 14.7. The van der Waals surface area contributed by atoms with E-state index in [2.05, 4.69) is 42.5 Å². The van der Waals surface area contributed by atoms with Gasteiger partial charge in [0.25, 0.3) is 11.8 Å². The zero-order chi connectivity index (χ0) is 85.4. The van der Waals surface area contributed by atoms with Crippen molar-refractivity contribution in [1.29, 1.82) is 0 Å². The van der Waals surface area contributed by atoms with E-state index >= 15 is 0 Å². The Hall–Kier alpha value is -10.3. The molecule has 9 N–H and O–H groups in total. The molecule has 6 aliphatic rings. The maximum Gasteiger partial charge on any atom is 0.290 e. The van der Waals surface area contributed by atoms with E-state index in [1.165, 1.54) is 19.6 Å². The van der Waals surface area contributed by atoms with Crippen molar-refractivity contribution in [1.82, 2.24) is 62.1 Å². The zero-order valence-electron chi connectivity index (χ0n) is 70.0. The van der Waals surface area contributed by atoms with Crippen LogP contribution in [0.5, 0.6) is 11.5 Å². The summed E-state index contributed by atoms with van der Waals surface area (Å²) in [4.78, 5) is 183. The molecule has 4 aromatic carbocycles. The van der Waals surface area contributed by atoms with Gasteiger partial charge in [0, 0.05) is 67.0 Å². The van der Waals surface area contributed by atoms with Crippen LogP contribution in [0.1, 0.15) is 191 Å². The van der Waals surface area contributed by atoms with Crippen LogP contribution in [0.3, 0.4) is 0 Å². The Kier molecular flexibility index (Phi) is 33.7. The molecule has 10 rings (SSSR count). The normalized spacial score (nSPS) is 22.5. The molecule has 0 radical (unpaired) electrons. The third-order valence-electron chi connectivity index (χ3n) is 22.6. The summed E-state index contributed by atoms with van der Waals surface area (Å²) < 4.78 is 25.2. The Morgan fingerprint density at radius 3 is 1.36 bits per heavy atom. The zero-order valence-corrected chi connectivity index (χ0v) is 70.0. The molecule has 12 amide bonds. The number of hydrogen-bond donors (Lipinski definition) is 9. The van der Waals surface area contributed by atoms with E-state index in [0.717, 1.165) is 75.3 Å². The van der Waals surface area contributed by atoms with Crippen LogP contribution in [0, 0.1) is 11.8 Å². The highest BCUT2D eigenvalue weighted by atomic mass is 16.5. The Morgan fingerprint density at radius 1 is 0.525 bits per heavy atom. The summed E-state index contributed by atoms with van der Waals surface area (Å²) in [6.45, 7) is 11.1. The molecule has 2 saturated carbocycles.